The number of amides is 2. The molecule has 1 N–H and O–H groups in total. The van der Waals surface area contributed by atoms with Gasteiger partial charge in [0.1, 0.15) is 17.5 Å². The Labute approximate surface area is 230 Å². The SMILES string of the molecule is CCC(C(=O)NC1CCCCC1)N(Cc1ccc(OC)cc1)C(=O)COc1ccc(C(C)(C)C)cc1Br. The van der Waals surface area contributed by atoms with Crippen molar-refractivity contribution >= 4 is 27.7 Å². The average Bonchev–Trinajstić information content (AvgIpc) is 2.88. The highest BCUT2D eigenvalue weighted by atomic mass is 79.9. The van der Waals surface area contributed by atoms with E-state index in [0.717, 1.165) is 41.5 Å². The van der Waals surface area contributed by atoms with Gasteiger partial charge < -0.3 is 19.7 Å². The molecule has 1 fully saturated rings. The minimum Gasteiger partial charge on any atom is -0.497 e. The number of nitrogens with one attached hydrogen (secondary N) is 1. The van der Waals surface area contributed by atoms with Crippen LogP contribution in [0.4, 0.5) is 0 Å². The number of benzene rings is 2. The minimum atomic E-state index is -0.577. The van der Waals surface area contributed by atoms with Crippen molar-refractivity contribution in [3.8, 4) is 11.5 Å². The summed E-state index contributed by atoms with van der Waals surface area (Å²) in [5, 5.41) is 3.21. The average molecular weight is 574 g/mol. The van der Waals surface area contributed by atoms with E-state index in [1.54, 1.807) is 12.0 Å². The Balaban J connectivity index is 1.77. The molecule has 1 unspecified atom stereocenters. The number of hydrogen-bond donors (Lipinski definition) is 1. The molecule has 37 heavy (non-hydrogen) atoms. The molecule has 3 rings (SSSR count). The number of carbonyl (C=O) groups is 2. The third kappa shape index (κ3) is 8.22. The Bertz CT molecular complexity index is 1040. The van der Waals surface area contributed by atoms with Crippen LogP contribution in [0.25, 0.3) is 0 Å². The van der Waals surface area contributed by atoms with Crippen LogP contribution in [0.3, 0.4) is 0 Å². The molecule has 202 valence electrons. The van der Waals surface area contributed by atoms with Gasteiger partial charge in [0.05, 0.1) is 11.6 Å². The molecule has 0 bridgehead atoms. The Hall–Kier alpha value is -2.54. The van der Waals surface area contributed by atoms with E-state index < -0.39 is 6.04 Å². The Morgan fingerprint density at radius 3 is 2.32 bits per heavy atom. The number of halogens is 1. The van der Waals surface area contributed by atoms with E-state index >= 15 is 0 Å². The smallest absolute Gasteiger partial charge is 0.261 e. The molecular weight excluding hydrogens is 532 g/mol. The molecule has 1 saturated carbocycles. The number of nitrogens with zero attached hydrogens (tertiary/aromatic N) is 1. The standard InChI is InChI=1S/C30H41BrN2O4/c1-6-26(29(35)32-23-10-8-7-9-11-23)33(19-21-12-15-24(36-5)16-13-21)28(34)20-37-27-17-14-22(18-25(27)31)30(2,3)4/h12-18,23,26H,6-11,19-20H2,1-5H3,(H,32,35). The Kier molecular flexibility index (Phi) is 10.4. The second-order valence-corrected chi connectivity index (χ2v) is 11.7. The zero-order chi connectivity index (χ0) is 27.0. The van der Waals surface area contributed by atoms with Gasteiger partial charge in [0.2, 0.25) is 5.91 Å². The maximum absolute atomic E-state index is 13.6. The summed E-state index contributed by atoms with van der Waals surface area (Å²) in [5.74, 6) is 1.03. The van der Waals surface area contributed by atoms with Gasteiger partial charge in [-0.05, 0) is 76.0 Å². The fourth-order valence-corrected chi connectivity index (χ4v) is 5.19. The van der Waals surface area contributed by atoms with Crippen LogP contribution in [0.5, 0.6) is 11.5 Å². The molecule has 1 aliphatic carbocycles. The van der Waals surface area contributed by atoms with Gasteiger partial charge in [0, 0.05) is 12.6 Å². The van der Waals surface area contributed by atoms with Crippen molar-refractivity contribution in [3.63, 3.8) is 0 Å². The lowest BCUT2D eigenvalue weighted by molar-refractivity contribution is -0.143. The van der Waals surface area contributed by atoms with Crippen LogP contribution in [-0.4, -0.2) is 42.5 Å². The molecule has 1 atom stereocenters. The van der Waals surface area contributed by atoms with Crippen LogP contribution >= 0.6 is 15.9 Å². The van der Waals surface area contributed by atoms with Crippen molar-refractivity contribution in [1.29, 1.82) is 0 Å². The first-order valence-corrected chi connectivity index (χ1v) is 14.1. The van der Waals surface area contributed by atoms with Gasteiger partial charge in [-0.1, -0.05) is 65.2 Å². The summed E-state index contributed by atoms with van der Waals surface area (Å²) in [6.07, 6.45) is 5.99. The molecule has 0 radical (unpaired) electrons. The topological polar surface area (TPSA) is 67.9 Å². The molecule has 2 aromatic carbocycles. The van der Waals surface area contributed by atoms with E-state index in [1.807, 2.05) is 49.4 Å². The van der Waals surface area contributed by atoms with Crippen molar-refractivity contribution in [3.05, 3.63) is 58.1 Å². The van der Waals surface area contributed by atoms with E-state index in [-0.39, 0.29) is 29.9 Å². The molecule has 0 spiro atoms. The molecule has 0 heterocycles. The summed E-state index contributed by atoms with van der Waals surface area (Å²) in [6.45, 7) is 8.56. The molecule has 1 aliphatic rings. The van der Waals surface area contributed by atoms with Crippen LogP contribution < -0.4 is 14.8 Å². The highest BCUT2D eigenvalue weighted by molar-refractivity contribution is 9.10. The zero-order valence-corrected chi connectivity index (χ0v) is 24.4. The first-order chi connectivity index (χ1) is 17.6. The van der Waals surface area contributed by atoms with Gasteiger partial charge in [-0.15, -0.1) is 0 Å². The first kappa shape index (κ1) is 29.0. The third-order valence-electron chi connectivity index (χ3n) is 7.00. The first-order valence-electron chi connectivity index (χ1n) is 13.3. The molecule has 6 nitrogen and oxygen atoms in total. The lowest BCUT2D eigenvalue weighted by Gasteiger charge is -2.32. The lowest BCUT2D eigenvalue weighted by Crippen LogP contribution is -2.52. The minimum absolute atomic E-state index is 0.00603. The fourth-order valence-electron chi connectivity index (χ4n) is 4.70. The second-order valence-electron chi connectivity index (χ2n) is 10.8. The van der Waals surface area contributed by atoms with Crippen molar-refractivity contribution in [2.45, 2.75) is 90.3 Å². The Morgan fingerprint density at radius 2 is 1.76 bits per heavy atom. The second kappa shape index (κ2) is 13.3. The third-order valence-corrected chi connectivity index (χ3v) is 7.62. The summed E-state index contributed by atoms with van der Waals surface area (Å²) in [6, 6.07) is 13.1. The summed E-state index contributed by atoms with van der Waals surface area (Å²) in [7, 11) is 1.62. The number of methoxy groups -OCH3 is 1. The molecule has 7 heteroatoms. The predicted molar refractivity (Wildman–Crippen MR) is 151 cm³/mol. The van der Waals surface area contributed by atoms with Gasteiger partial charge >= 0.3 is 0 Å². The van der Waals surface area contributed by atoms with Gasteiger partial charge in [0.15, 0.2) is 6.61 Å². The maximum atomic E-state index is 13.6. The van der Waals surface area contributed by atoms with Crippen LogP contribution in [0.1, 0.15) is 77.3 Å². The highest BCUT2D eigenvalue weighted by Gasteiger charge is 2.30. The van der Waals surface area contributed by atoms with Gasteiger partial charge in [-0.2, -0.15) is 0 Å². The van der Waals surface area contributed by atoms with E-state index in [9.17, 15) is 9.59 Å². The molecule has 2 aromatic rings. The number of carbonyl (C=O) groups excluding carboxylic acids is 2. The maximum Gasteiger partial charge on any atom is 0.261 e. The van der Waals surface area contributed by atoms with Gasteiger partial charge in [-0.25, -0.2) is 0 Å². The van der Waals surface area contributed by atoms with E-state index in [2.05, 4.69) is 42.0 Å². The largest absolute Gasteiger partial charge is 0.497 e. The normalized spacial score (nSPS) is 15.1. The summed E-state index contributed by atoms with van der Waals surface area (Å²) in [4.78, 5) is 28.6. The van der Waals surface area contributed by atoms with E-state index in [0.29, 0.717) is 18.7 Å². The zero-order valence-electron chi connectivity index (χ0n) is 22.8. The monoisotopic (exact) mass is 572 g/mol. The summed E-state index contributed by atoms with van der Waals surface area (Å²) >= 11 is 3.59. The van der Waals surface area contributed by atoms with Crippen molar-refractivity contribution < 1.29 is 19.1 Å². The van der Waals surface area contributed by atoms with Gasteiger partial charge in [-0.3, -0.25) is 9.59 Å². The highest BCUT2D eigenvalue weighted by Crippen LogP contribution is 2.31. The van der Waals surface area contributed by atoms with E-state index in [1.165, 1.54) is 12.0 Å². The number of rotatable bonds is 10. The van der Waals surface area contributed by atoms with E-state index in [4.69, 9.17) is 9.47 Å². The van der Waals surface area contributed by atoms with Crippen LogP contribution in [0.2, 0.25) is 0 Å². The Morgan fingerprint density at radius 1 is 1.08 bits per heavy atom. The quantitative estimate of drug-likeness (QED) is 0.358. The van der Waals surface area contributed by atoms with Crippen LogP contribution in [0.15, 0.2) is 46.9 Å². The summed E-state index contributed by atoms with van der Waals surface area (Å²) in [5.41, 5.74) is 2.10. The summed E-state index contributed by atoms with van der Waals surface area (Å²) < 4.78 is 12.0. The van der Waals surface area contributed by atoms with Crippen LogP contribution in [0, 0.1) is 0 Å². The fraction of sp³-hybridized carbons (Fsp3) is 0.533. The lowest BCUT2D eigenvalue weighted by atomic mass is 9.87. The van der Waals surface area contributed by atoms with Crippen molar-refractivity contribution in [2.24, 2.45) is 0 Å². The molecule has 0 aromatic heterocycles. The van der Waals surface area contributed by atoms with Crippen LogP contribution in [-0.2, 0) is 21.5 Å². The number of hydrogen-bond acceptors (Lipinski definition) is 4. The van der Waals surface area contributed by atoms with Crippen molar-refractivity contribution in [2.75, 3.05) is 13.7 Å². The molecule has 2 amide bonds. The predicted octanol–water partition coefficient (Wildman–Crippen LogP) is 6.39. The van der Waals surface area contributed by atoms with Gasteiger partial charge in [0.25, 0.3) is 5.91 Å². The number of ether oxygens (including phenoxy) is 2. The van der Waals surface area contributed by atoms with Crippen molar-refractivity contribution in [1.82, 2.24) is 10.2 Å². The molecule has 0 saturated heterocycles. The molecule has 0 aliphatic heterocycles. The molecular formula is C30H41BrN2O4.